The van der Waals surface area contributed by atoms with Gasteiger partial charge in [0.25, 0.3) is 0 Å². The van der Waals surface area contributed by atoms with Gasteiger partial charge in [-0.15, -0.1) is 0 Å². The van der Waals surface area contributed by atoms with Crippen LogP contribution in [-0.4, -0.2) is 0 Å². The summed E-state index contributed by atoms with van der Waals surface area (Å²) in [5.41, 5.74) is 2.30. The Morgan fingerprint density at radius 2 is 1.57 bits per heavy atom. The molecule has 1 aliphatic heterocycles. The summed E-state index contributed by atoms with van der Waals surface area (Å²) >= 11 is 0. The Morgan fingerprint density at radius 3 is 1.91 bits per heavy atom. The molecule has 2 nitrogen and oxygen atoms in total. The molecular formula is C21H35NO. The molecule has 0 aromatic rings. The average Bonchev–Trinajstić information content (AvgIpc) is 2.48. The van der Waals surface area contributed by atoms with Crippen molar-refractivity contribution in [3.05, 3.63) is 72.5 Å². The molecule has 0 aliphatic carbocycles. The number of allylic oxidation sites excluding steroid dienone is 6. The maximum atomic E-state index is 5.71. The highest BCUT2D eigenvalue weighted by atomic mass is 16.5. The van der Waals surface area contributed by atoms with Gasteiger partial charge in [0.15, 0.2) is 0 Å². The van der Waals surface area contributed by atoms with E-state index in [4.69, 9.17) is 4.74 Å². The summed E-state index contributed by atoms with van der Waals surface area (Å²) in [5, 5.41) is 3.28. The van der Waals surface area contributed by atoms with Crippen molar-refractivity contribution in [1.82, 2.24) is 5.32 Å². The molecule has 130 valence electrons. The topological polar surface area (TPSA) is 21.3 Å². The number of ether oxygens (including phenoxy) is 1. The summed E-state index contributed by atoms with van der Waals surface area (Å²) in [6.45, 7) is 24.0. The first-order chi connectivity index (χ1) is 10.8. The van der Waals surface area contributed by atoms with Crippen molar-refractivity contribution in [2.24, 2.45) is 5.41 Å². The molecule has 0 aromatic heterocycles. The van der Waals surface area contributed by atoms with Crippen molar-refractivity contribution in [1.29, 1.82) is 0 Å². The second-order valence-electron chi connectivity index (χ2n) is 6.18. The molecule has 0 saturated heterocycles. The van der Waals surface area contributed by atoms with Gasteiger partial charge in [0.1, 0.15) is 11.5 Å². The lowest BCUT2D eigenvalue weighted by molar-refractivity contribution is 0.305. The predicted molar refractivity (Wildman–Crippen MR) is 105 cm³/mol. The zero-order chi connectivity index (χ0) is 18.5. The van der Waals surface area contributed by atoms with Gasteiger partial charge in [0.2, 0.25) is 0 Å². The number of rotatable bonds is 3. The van der Waals surface area contributed by atoms with Crippen LogP contribution in [0, 0.1) is 5.41 Å². The maximum Gasteiger partial charge on any atom is 0.150 e. The Labute approximate surface area is 144 Å². The van der Waals surface area contributed by atoms with Crippen LogP contribution < -0.4 is 5.32 Å². The van der Waals surface area contributed by atoms with Gasteiger partial charge in [-0.25, -0.2) is 0 Å². The first kappa shape index (κ1) is 23.3. The maximum absolute atomic E-state index is 5.71. The van der Waals surface area contributed by atoms with Crippen molar-refractivity contribution in [3.63, 3.8) is 0 Å². The van der Waals surface area contributed by atoms with Gasteiger partial charge in [-0.2, -0.15) is 0 Å². The van der Waals surface area contributed by atoms with Crippen molar-refractivity contribution in [2.45, 2.75) is 55.4 Å². The lowest BCUT2D eigenvalue weighted by Gasteiger charge is -2.23. The molecule has 0 amide bonds. The molecule has 0 unspecified atom stereocenters. The minimum Gasteiger partial charge on any atom is -0.453 e. The van der Waals surface area contributed by atoms with Gasteiger partial charge in [-0.3, -0.25) is 0 Å². The van der Waals surface area contributed by atoms with Crippen molar-refractivity contribution in [2.75, 3.05) is 0 Å². The number of hydrogen-bond donors (Lipinski definition) is 1. The summed E-state index contributed by atoms with van der Waals surface area (Å²) in [5.74, 6) is 1.51. The Kier molecular flexibility index (Phi) is 12.7. The smallest absolute Gasteiger partial charge is 0.150 e. The van der Waals surface area contributed by atoms with Crippen LogP contribution in [0.4, 0.5) is 0 Å². The Morgan fingerprint density at radius 1 is 1.04 bits per heavy atom. The molecule has 0 saturated carbocycles. The van der Waals surface area contributed by atoms with E-state index in [1.165, 1.54) is 0 Å². The standard InChI is InChI=1S/C14H17NO.C5H12.C2H6/c1-5-9-11-13(7-3)16-14(8-4)12(15-11)10-6-2;1-5(2,3)4;1-2/h5-10,15H,1,4H2,2-3H3;1-4H3;1-2H3/b10-6-,11-9+,13-7+;;. The van der Waals surface area contributed by atoms with Gasteiger partial charge in [-0.05, 0) is 43.6 Å². The van der Waals surface area contributed by atoms with Crippen LogP contribution in [0.1, 0.15) is 55.4 Å². The van der Waals surface area contributed by atoms with E-state index < -0.39 is 0 Å². The van der Waals surface area contributed by atoms with Gasteiger partial charge in [-0.1, -0.05) is 66.9 Å². The molecule has 0 atom stereocenters. The molecule has 0 aromatic carbocycles. The van der Waals surface area contributed by atoms with Crippen LogP contribution in [0.3, 0.4) is 0 Å². The lowest BCUT2D eigenvalue weighted by atomic mass is 10.0. The third-order valence-corrected chi connectivity index (χ3v) is 2.09. The first-order valence-electron chi connectivity index (χ1n) is 8.20. The first-order valence-corrected chi connectivity index (χ1v) is 8.20. The van der Waals surface area contributed by atoms with Crippen LogP contribution >= 0.6 is 0 Å². The Balaban J connectivity index is 0. The van der Waals surface area contributed by atoms with Gasteiger partial charge >= 0.3 is 0 Å². The third kappa shape index (κ3) is 11.3. The summed E-state index contributed by atoms with van der Waals surface area (Å²) in [6.07, 6.45) is 11.1. The fourth-order valence-corrected chi connectivity index (χ4v) is 1.39. The summed E-state index contributed by atoms with van der Waals surface area (Å²) < 4.78 is 5.71. The van der Waals surface area contributed by atoms with Crippen LogP contribution in [0.5, 0.6) is 0 Å². The van der Waals surface area contributed by atoms with Crippen LogP contribution in [0.25, 0.3) is 0 Å². The molecule has 0 fully saturated rings. The second kappa shape index (κ2) is 12.6. The molecule has 1 heterocycles. The van der Waals surface area contributed by atoms with Crippen LogP contribution in [-0.2, 0) is 4.74 Å². The second-order valence-corrected chi connectivity index (χ2v) is 6.18. The third-order valence-electron chi connectivity index (χ3n) is 2.09. The Hall–Kier alpha value is -1.96. The highest BCUT2D eigenvalue weighted by Crippen LogP contribution is 2.24. The quantitative estimate of drug-likeness (QED) is 0.630. The van der Waals surface area contributed by atoms with Crippen LogP contribution in [0.2, 0.25) is 0 Å². The molecule has 23 heavy (non-hydrogen) atoms. The summed E-state index contributed by atoms with van der Waals surface area (Å²) in [7, 11) is 0. The zero-order valence-corrected chi connectivity index (χ0v) is 16.3. The Bertz CT molecular complexity index is 476. The van der Waals surface area contributed by atoms with Crippen molar-refractivity contribution >= 4 is 0 Å². The minimum absolute atomic E-state index is 0.500. The molecule has 0 bridgehead atoms. The molecular weight excluding hydrogens is 282 g/mol. The molecule has 2 heteroatoms. The van der Waals surface area contributed by atoms with Crippen molar-refractivity contribution in [3.8, 4) is 0 Å². The summed E-state index contributed by atoms with van der Waals surface area (Å²) in [4.78, 5) is 0. The van der Waals surface area contributed by atoms with E-state index in [9.17, 15) is 0 Å². The van der Waals surface area contributed by atoms with Crippen molar-refractivity contribution < 1.29 is 4.74 Å². The SMILES string of the molecule is C=C/C=C1/NC(/C=C\C)=C(C=C)O/C1=C/C.CC.CC(C)(C)C. The number of hydrogen-bond acceptors (Lipinski definition) is 2. The monoisotopic (exact) mass is 317 g/mol. The highest BCUT2D eigenvalue weighted by Gasteiger charge is 2.16. The lowest BCUT2D eigenvalue weighted by Crippen LogP contribution is -2.22. The highest BCUT2D eigenvalue weighted by molar-refractivity contribution is 5.41. The van der Waals surface area contributed by atoms with E-state index in [1.54, 1.807) is 12.2 Å². The van der Waals surface area contributed by atoms with Crippen LogP contribution in [0.15, 0.2) is 72.5 Å². The van der Waals surface area contributed by atoms with E-state index in [0.29, 0.717) is 5.41 Å². The molecule has 1 N–H and O–H groups in total. The normalized spacial score (nSPS) is 17.6. The average molecular weight is 318 g/mol. The van der Waals surface area contributed by atoms with E-state index in [-0.39, 0.29) is 0 Å². The largest absolute Gasteiger partial charge is 0.453 e. The fourth-order valence-electron chi connectivity index (χ4n) is 1.39. The zero-order valence-electron chi connectivity index (χ0n) is 16.3. The molecule has 0 spiro atoms. The number of nitrogens with one attached hydrogen (secondary N) is 1. The summed E-state index contributed by atoms with van der Waals surface area (Å²) in [6, 6.07) is 0. The molecule has 1 aliphatic rings. The fraction of sp³-hybridized carbons (Fsp3) is 0.429. The van der Waals surface area contributed by atoms with E-state index in [1.807, 2.05) is 52.0 Å². The predicted octanol–water partition coefficient (Wildman–Crippen LogP) is 6.63. The molecule has 1 rings (SSSR count). The van der Waals surface area contributed by atoms with Gasteiger partial charge in [0.05, 0.1) is 11.4 Å². The van der Waals surface area contributed by atoms with E-state index in [0.717, 1.165) is 22.9 Å². The van der Waals surface area contributed by atoms with E-state index >= 15 is 0 Å². The van der Waals surface area contributed by atoms with E-state index in [2.05, 4.69) is 46.2 Å². The minimum atomic E-state index is 0.500. The van der Waals surface area contributed by atoms with Gasteiger partial charge < -0.3 is 10.1 Å². The molecule has 0 radical (unpaired) electrons. The van der Waals surface area contributed by atoms with Gasteiger partial charge in [0, 0.05) is 0 Å².